The van der Waals surface area contributed by atoms with E-state index in [9.17, 15) is 13.6 Å². The van der Waals surface area contributed by atoms with Gasteiger partial charge in [0.25, 0.3) is 5.91 Å². The van der Waals surface area contributed by atoms with E-state index < -0.39 is 17.5 Å². The molecule has 0 spiro atoms. The van der Waals surface area contributed by atoms with Crippen molar-refractivity contribution in [3.63, 3.8) is 0 Å². The largest absolute Gasteiger partial charge is 0.319 e. The molecule has 0 unspecified atom stereocenters. The van der Waals surface area contributed by atoms with Crippen molar-refractivity contribution >= 4 is 29.0 Å². The Balaban J connectivity index is 2.24. The van der Waals surface area contributed by atoms with Crippen LogP contribution in [0.2, 0.25) is 5.02 Å². The zero-order valence-electron chi connectivity index (χ0n) is 9.95. The lowest BCUT2D eigenvalue weighted by Crippen LogP contribution is -2.15. The zero-order chi connectivity index (χ0) is 14.7. The summed E-state index contributed by atoms with van der Waals surface area (Å²) in [5, 5.41) is 2.35. The van der Waals surface area contributed by atoms with Crippen molar-refractivity contribution < 1.29 is 13.6 Å². The van der Waals surface area contributed by atoms with Crippen molar-refractivity contribution in [1.82, 2.24) is 4.98 Å². The van der Waals surface area contributed by atoms with E-state index in [0.29, 0.717) is 0 Å². The number of rotatable bonds is 3. The summed E-state index contributed by atoms with van der Waals surface area (Å²) in [5.41, 5.74) is 2.05. The number of benzene rings is 1. The molecule has 20 heavy (non-hydrogen) atoms. The standard InChI is InChI=1S/C12H9ClF2N4O/c13-7-4-6(5-17-11(7)19-16)12(20)18-9-3-1-2-8(14)10(9)15/h1-5H,16H2,(H,17,19)(H,18,20). The van der Waals surface area contributed by atoms with Crippen LogP contribution >= 0.6 is 11.6 Å². The van der Waals surface area contributed by atoms with Crippen molar-refractivity contribution in [3.05, 3.63) is 52.7 Å². The molecule has 8 heteroatoms. The molecule has 5 nitrogen and oxygen atoms in total. The van der Waals surface area contributed by atoms with Crippen molar-refractivity contribution in [2.24, 2.45) is 5.84 Å². The number of nitrogens with two attached hydrogens (primary N) is 1. The number of hydrogen-bond acceptors (Lipinski definition) is 4. The highest BCUT2D eigenvalue weighted by Gasteiger charge is 2.13. The maximum absolute atomic E-state index is 13.4. The van der Waals surface area contributed by atoms with Gasteiger partial charge in [0.05, 0.1) is 16.3 Å². The molecule has 2 aromatic rings. The first-order chi connectivity index (χ1) is 9.52. The fourth-order valence-corrected chi connectivity index (χ4v) is 1.68. The molecule has 1 aromatic carbocycles. The summed E-state index contributed by atoms with van der Waals surface area (Å²) in [6.45, 7) is 0. The minimum atomic E-state index is -1.14. The molecule has 104 valence electrons. The normalized spacial score (nSPS) is 10.2. The Labute approximate surface area is 117 Å². The number of nitrogens with zero attached hydrogens (tertiary/aromatic N) is 1. The van der Waals surface area contributed by atoms with Crippen LogP contribution in [-0.4, -0.2) is 10.9 Å². The van der Waals surface area contributed by atoms with Crippen LogP contribution in [0.15, 0.2) is 30.5 Å². The topological polar surface area (TPSA) is 80.0 Å². The predicted molar refractivity (Wildman–Crippen MR) is 71.4 cm³/mol. The maximum atomic E-state index is 13.4. The molecule has 0 aliphatic carbocycles. The van der Waals surface area contributed by atoms with Gasteiger partial charge in [-0.05, 0) is 18.2 Å². The molecule has 0 bridgehead atoms. The SMILES string of the molecule is NNc1ncc(C(=O)Nc2cccc(F)c2F)cc1Cl. The Bertz CT molecular complexity index is 666. The lowest BCUT2D eigenvalue weighted by atomic mass is 10.2. The van der Waals surface area contributed by atoms with E-state index in [2.05, 4.69) is 15.7 Å². The number of pyridine rings is 1. The summed E-state index contributed by atoms with van der Waals surface area (Å²) in [4.78, 5) is 15.7. The Morgan fingerprint density at radius 2 is 2.10 bits per heavy atom. The van der Waals surface area contributed by atoms with Gasteiger partial charge < -0.3 is 10.7 Å². The molecule has 0 atom stereocenters. The van der Waals surface area contributed by atoms with Gasteiger partial charge >= 0.3 is 0 Å². The molecule has 0 saturated carbocycles. The summed E-state index contributed by atoms with van der Waals surface area (Å²) in [6.07, 6.45) is 1.20. The number of halogens is 3. The Hall–Kier alpha value is -2.25. The van der Waals surface area contributed by atoms with E-state index in [-0.39, 0.29) is 22.1 Å². The number of amides is 1. The van der Waals surface area contributed by atoms with E-state index in [4.69, 9.17) is 17.4 Å². The molecule has 0 radical (unpaired) electrons. The van der Waals surface area contributed by atoms with Crippen LogP contribution in [0.3, 0.4) is 0 Å². The van der Waals surface area contributed by atoms with Crippen LogP contribution in [0.5, 0.6) is 0 Å². The quantitative estimate of drug-likeness (QED) is 0.601. The number of nitrogen functional groups attached to an aromatic ring is 1. The smallest absolute Gasteiger partial charge is 0.257 e. The molecule has 1 aromatic heterocycles. The van der Waals surface area contributed by atoms with Crippen molar-refractivity contribution in [1.29, 1.82) is 0 Å². The number of hydrazine groups is 1. The van der Waals surface area contributed by atoms with Crippen LogP contribution in [0.4, 0.5) is 20.3 Å². The molecule has 0 fully saturated rings. The average molecular weight is 299 g/mol. The fourth-order valence-electron chi connectivity index (χ4n) is 1.46. The molecular formula is C12H9ClF2N4O. The summed E-state index contributed by atoms with van der Waals surface area (Å²) in [7, 11) is 0. The van der Waals surface area contributed by atoms with Crippen LogP contribution in [-0.2, 0) is 0 Å². The summed E-state index contributed by atoms with van der Waals surface area (Å²) >= 11 is 5.81. The van der Waals surface area contributed by atoms with E-state index in [0.717, 1.165) is 6.07 Å². The van der Waals surface area contributed by atoms with Gasteiger partial charge in [0.2, 0.25) is 0 Å². The second-order valence-electron chi connectivity index (χ2n) is 3.75. The molecular weight excluding hydrogens is 290 g/mol. The van der Waals surface area contributed by atoms with Gasteiger partial charge in [-0.25, -0.2) is 19.6 Å². The monoisotopic (exact) mass is 298 g/mol. The van der Waals surface area contributed by atoms with Gasteiger partial charge in [-0.2, -0.15) is 0 Å². The van der Waals surface area contributed by atoms with E-state index in [1.165, 1.54) is 24.4 Å². The van der Waals surface area contributed by atoms with Crippen LogP contribution in [0.25, 0.3) is 0 Å². The molecule has 0 aliphatic heterocycles. The molecule has 0 aliphatic rings. The third kappa shape index (κ3) is 2.84. The number of carbonyl (C=O) groups is 1. The van der Waals surface area contributed by atoms with Crippen molar-refractivity contribution in [2.45, 2.75) is 0 Å². The average Bonchev–Trinajstić information content (AvgIpc) is 2.43. The Morgan fingerprint density at radius 3 is 2.75 bits per heavy atom. The Kier molecular flexibility index (Phi) is 4.11. The highest BCUT2D eigenvalue weighted by Crippen LogP contribution is 2.21. The van der Waals surface area contributed by atoms with Gasteiger partial charge in [-0.1, -0.05) is 17.7 Å². The first kappa shape index (κ1) is 14.2. The first-order valence-corrected chi connectivity index (χ1v) is 5.78. The van der Waals surface area contributed by atoms with Crippen LogP contribution < -0.4 is 16.6 Å². The van der Waals surface area contributed by atoms with Crippen molar-refractivity contribution in [3.8, 4) is 0 Å². The highest BCUT2D eigenvalue weighted by molar-refractivity contribution is 6.33. The van der Waals surface area contributed by atoms with Gasteiger partial charge in [0.15, 0.2) is 17.5 Å². The zero-order valence-corrected chi connectivity index (χ0v) is 10.7. The first-order valence-electron chi connectivity index (χ1n) is 5.40. The van der Waals surface area contributed by atoms with Crippen LogP contribution in [0, 0.1) is 11.6 Å². The van der Waals surface area contributed by atoms with Gasteiger partial charge in [0, 0.05) is 6.20 Å². The van der Waals surface area contributed by atoms with Gasteiger partial charge in [-0.3, -0.25) is 4.79 Å². The number of nitrogens with one attached hydrogen (secondary N) is 2. The van der Waals surface area contributed by atoms with Crippen molar-refractivity contribution in [2.75, 3.05) is 10.7 Å². The maximum Gasteiger partial charge on any atom is 0.257 e. The van der Waals surface area contributed by atoms with Gasteiger partial charge in [0.1, 0.15) is 0 Å². The number of aromatic nitrogens is 1. The predicted octanol–water partition coefficient (Wildman–Crippen LogP) is 2.55. The summed E-state index contributed by atoms with van der Waals surface area (Å²) < 4.78 is 26.4. The highest BCUT2D eigenvalue weighted by atomic mass is 35.5. The summed E-state index contributed by atoms with van der Waals surface area (Å²) in [5.74, 6) is 2.48. The van der Waals surface area contributed by atoms with Gasteiger partial charge in [-0.15, -0.1) is 0 Å². The van der Waals surface area contributed by atoms with E-state index in [1.54, 1.807) is 0 Å². The molecule has 2 rings (SSSR count). The molecule has 4 N–H and O–H groups in total. The molecule has 0 saturated heterocycles. The second kappa shape index (κ2) is 5.81. The Morgan fingerprint density at radius 1 is 1.35 bits per heavy atom. The lowest BCUT2D eigenvalue weighted by molar-refractivity contribution is 0.102. The molecule has 1 heterocycles. The minimum Gasteiger partial charge on any atom is -0.319 e. The minimum absolute atomic E-state index is 0.0812. The third-order valence-corrected chi connectivity index (χ3v) is 2.73. The van der Waals surface area contributed by atoms with E-state index >= 15 is 0 Å². The lowest BCUT2D eigenvalue weighted by Gasteiger charge is -2.08. The number of carbonyl (C=O) groups excluding carboxylic acids is 1. The van der Waals surface area contributed by atoms with Crippen LogP contribution in [0.1, 0.15) is 10.4 Å². The number of anilines is 2. The number of hydrogen-bond donors (Lipinski definition) is 3. The second-order valence-corrected chi connectivity index (χ2v) is 4.16. The molecule has 1 amide bonds. The summed E-state index contributed by atoms with van der Waals surface area (Å²) in [6, 6.07) is 4.77. The third-order valence-electron chi connectivity index (χ3n) is 2.44. The van der Waals surface area contributed by atoms with E-state index in [1.807, 2.05) is 0 Å². The fraction of sp³-hybridized carbons (Fsp3) is 0.